The molecular formula is C7H14NO5P. The highest BCUT2D eigenvalue weighted by Gasteiger charge is 2.11. The number of ether oxygens (including phenoxy) is 1. The minimum Gasteiger partial charge on any atom is -0.477 e. The quantitative estimate of drug-likeness (QED) is 0.288. The molecule has 0 saturated heterocycles. The molecule has 7 heteroatoms. The van der Waals surface area contributed by atoms with Gasteiger partial charge < -0.3 is 19.6 Å². The van der Waals surface area contributed by atoms with E-state index in [1.165, 1.54) is 0 Å². The predicted octanol–water partition coefficient (Wildman–Crippen LogP) is 0.845. The third kappa shape index (κ3) is 5.72. The molecule has 0 aromatic heterocycles. The minimum absolute atomic E-state index is 0.00327. The maximum atomic E-state index is 11.2. The van der Waals surface area contributed by atoms with E-state index >= 15 is 0 Å². The van der Waals surface area contributed by atoms with Crippen LogP contribution >= 0.6 is 7.80 Å². The lowest BCUT2D eigenvalue weighted by molar-refractivity contribution is -0.129. The van der Waals surface area contributed by atoms with Gasteiger partial charge in [-0.3, -0.25) is 0 Å². The van der Waals surface area contributed by atoms with Crippen LogP contribution in [0, 0.1) is 0 Å². The number of nitrogens with zero attached hydrogens (tertiary/aromatic N) is 1. The summed E-state index contributed by atoms with van der Waals surface area (Å²) in [4.78, 5) is 10.3. The molecule has 0 fully saturated rings. The molecule has 0 aromatic carbocycles. The molecule has 0 aliphatic heterocycles. The third-order valence-corrected chi connectivity index (χ3v) is 2.81. The average molecular weight is 223 g/mol. The molecule has 0 heterocycles. The molecule has 1 unspecified atom stereocenters. The van der Waals surface area contributed by atoms with Gasteiger partial charge >= 0.3 is 5.97 Å². The van der Waals surface area contributed by atoms with Crippen molar-refractivity contribution in [3.63, 3.8) is 0 Å². The van der Waals surface area contributed by atoms with Gasteiger partial charge in [-0.05, 0) is 6.92 Å². The maximum absolute atomic E-state index is 11.2. The lowest BCUT2D eigenvalue weighted by Crippen LogP contribution is -2.13. The third-order valence-electron chi connectivity index (χ3n) is 1.48. The van der Waals surface area contributed by atoms with Crippen molar-refractivity contribution in [1.82, 2.24) is 0 Å². The number of carbonyl (C=O) groups is 1. The van der Waals surface area contributed by atoms with E-state index in [0.29, 0.717) is 6.61 Å². The molecule has 0 aliphatic carbocycles. The van der Waals surface area contributed by atoms with Crippen LogP contribution in [0.5, 0.6) is 0 Å². The molecule has 0 radical (unpaired) electrons. The van der Waals surface area contributed by atoms with Gasteiger partial charge in [0, 0.05) is 19.2 Å². The summed E-state index contributed by atoms with van der Waals surface area (Å²) in [5.41, 5.74) is -0.375. The van der Waals surface area contributed by atoms with Gasteiger partial charge in [-0.15, -0.1) is 0 Å². The second kappa shape index (κ2) is 7.53. The largest absolute Gasteiger partial charge is 0.477 e. The highest BCUT2D eigenvalue weighted by atomic mass is 31.1. The van der Waals surface area contributed by atoms with Crippen molar-refractivity contribution >= 4 is 19.5 Å². The van der Waals surface area contributed by atoms with Gasteiger partial charge in [0.15, 0.2) is 5.71 Å². The van der Waals surface area contributed by atoms with E-state index in [1.54, 1.807) is 6.92 Å². The molecule has 0 saturated carbocycles. The van der Waals surface area contributed by atoms with Crippen molar-refractivity contribution in [2.75, 3.05) is 19.1 Å². The van der Waals surface area contributed by atoms with Gasteiger partial charge in [-0.25, -0.2) is 4.79 Å². The monoisotopic (exact) mass is 223 g/mol. The summed E-state index contributed by atoms with van der Waals surface area (Å²) in [7, 11) is -1.92. The fourth-order valence-corrected chi connectivity index (χ4v) is 1.84. The number of aliphatic carboxylic acids is 1. The molecule has 0 bridgehead atoms. The van der Waals surface area contributed by atoms with E-state index in [-0.39, 0.29) is 24.6 Å². The Labute approximate surface area is 82.3 Å². The van der Waals surface area contributed by atoms with Crippen LogP contribution in [0.4, 0.5) is 0 Å². The first-order chi connectivity index (χ1) is 6.61. The maximum Gasteiger partial charge on any atom is 0.353 e. The zero-order chi connectivity index (χ0) is 11.0. The van der Waals surface area contributed by atoms with Crippen LogP contribution in [-0.2, 0) is 14.1 Å². The minimum atomic E-state index is -1.92. The van der Waals surface area contributed by atoms with Crippen LogP contribution in [0.3, 0.4) is 0 Å². The lowest BCUT2D eigenvalue weighted by atomic mass is 10.3. The van der Waals surface area contributed by atoms with Gasteiger partial charge in [0.25, 0.3) is 0 Å². The van der Waals surface area contributed by atoms with Gasteiger partial charge in [-0.2, -0.15) is 0 Å². The Kier molecular flexibility index (Phi) is 7.06. The van der Waals surface area contributed by atoms with Crippen LogP contribution in [0.25, 0.3) is 0 Å². The Hall–Kier alpha value is -0.870. The highest BCUT2D eigenvalue weighted by molar-refractivity contribution is 7.44. The van der Waals surface area contributed by atoms with Gasteiger partial charge in [-0.1, -0.05) is 5.16 Å². The zero-order valence-corrected chi connectivity index (χ0v) is 8.89. The number of carboxylic acid groups (broad SMARTS) is 1. The summed E-state index contributed by atoms with van der Waals surface area (Å²) in [6.45, 7) is 2.27. The summed E-state index contributed by atoms with van der Waals surface area (Å²) < 4.78 is 16.1. The summed E-state index contributed by atoms with van der Waals surface area (Å²) in [5.74, 6) is -1.29. The molecule has 2 N–H and O–H groups in total. The fourth-order valence-electron chi connectivity index (χ4n) is 0.746. The molecular weight excluding hydrogens is 209 g/mol. The van der Waals surface area contributed by atoms with Crippen LogP contribution in [0.15, 0.2) is 5.16 Å². The Balaban J connectivity index is 3.81. The molecule has 0 aromatic rings. The normalized spacial score (nSPS) is 13.9. The van der Waals surface area contributed by atoms with Crippen molar-refractivity contribution in [2.24, 2.45) is 5.16 Å². The van der Waals surface area contributed by atoms with Crippen LogP contribution in [-0.4, -0.2) is 41.1 Å². The molecule has 0 aliphatic rings. The Morgan fingerprint density at radius 3 is 2.64 bits per heavy atom. The first kappa shape index (κ1) is 13.1. The van der Waals surface area contributed by atoms with Crippen LogP contribution < -0.4 is 0 Å². The summed E-state index contributed by atoms with van der Waals surface area (Å²) in [6.07, 6.45) is 0.340. The highest BCUT2D eigenvalue weighted by Crippen LogP contribution is 2.21. The molecule has 1 atom stereocenters. The standard InChI is InChI=1S/C7H14NO5P/c1-2-13-5-14(12)4-3-6(8-11)7(9)10/h11,14H,2-5H2,1H3,(H,9,10). The second-order valence-corrected chi connectivity index (χ2v) is 4.39. The smallest absolute Gasteiger partial charge is 0.353 e. The first-order valence-corrected chi connectivity index (χ1v) is 5.97. The topological polar surface area (TPSA) is 96.2 Å². The van der Waals surface area contributed by atoms with Crippen LogP contribution in [0.2, 0.25) is 0 Å². The molecule has 0 spiro atoms. The molecule has 6 nitrogen and oxygen atoms in total. The van der Waals surface area contributed by atoms with Gasteiger partial charge in [0.1, 0.15) is 7.80 Å². The Morgan fingerprint density at radius 2 is 2.21 bits per heavy atom. The molecule has 0 rings (SSSR count). The van der Waals surface area contributed by atoms with E-state index < -0.39 is 13.8 Å². The van der Waals surface area contributed by atoms with E-state index in [2.05, 4.69) is 5.16 Å². The molecule has 82 valence electrons. The Morgan fingerprint density at radius 1 is 1.57 bits per heavy atom. The predicted molar refractivity (Wildman–Crippen MR) is 51.8 cm³/mol. The summed E-state index contributed by atoms with van der Waals surface area (Å²) in [6, 6.07) is 0. The lowest BCUT2D eigenvalue weighted by Gasteiger charge is -2.01. The van der Waals surface area contributed by atoms with Crippen molar-refractivity contribution in [3.05, 3.63) is 0 Å². The van der Waals surface area contributed by atoms with Crippen molar-refractivity contribution in [3.8, 4) is 0 Å². The van der Waals surface area contributed by atoms with Gasteiger partial charge in [0.05, 0.1) is 6.35 Å². The van der Waals surface area contributed by atoms with Crippen LogP contribution in [0.1, 0.15) is 13.3 Å². The number of oxime groups is 1. The summed E-state index contributed by atoms with van der Waals surface area (Å²) in [5, 5.41) is 19.3. The van der Waals surface area contributed by atoms with Crippen molar-refractivity contribution in [1.29, 1.82) is 0 Å². The van der Waals surface area contributed by atoms with E-state index in [9.17, 15) is 9.36 Å². The summed E-state index contributed by atoms with van der Waals surface area (Å²) >= 11 is 0. The fraction of sp³-hybridized carbons (Fsp3) is 0.714. The first-order valence-electron chi connectivity index (χ1n) is 4.15. The van der Waals surface area contributed by atoms with Crippen molar-refractivity contribution < 1.29 is 24.4 Å². The Bertz CT molecular complexity index is 240. The van der Waals surface area contributed by atoms with E-state index in [1.807, 2.05) is 0 Å². The number of carboxylic acids is 1. The molecule has 14 heavy (non-hydrogen) atoms. The number of hydrogen-bond acceptors (Lipinski definition) is 5. The average Bonchev–Trinajstić information content (AvgIpc) is 2.15. The second-order valence-electron chi connectivity index (χ2n) is 2.53. The SMILES string of the molecule is CCOC[PH](=O)CCC(=NO)C(=O)O. The molecule has 0 amide bonds. The number of rotatable bonds is 7. The zero-order valence-electron chi connectivity index (χ0n) is 7.89. The van der Waals surface area contributed by atoms with Gasteiger partial charge in [0.2, 0.25) is 0 Å². The van der Waals surface area contributed by atoms with E-state index in [4.69, 9.17) is 15.1 Å². The number of hydrogen-bond donors (Lipinski definition) is 2. The van der Waals surface area contributed by atoms with E-state index in [0.717, 1.165) is 0 Å². The van der Waals surface area contributed by atoms with Crippen molar-refractivity contribution in [2.45, 2.75) is 13.3 Å².